The summed E-state index contributed by atoms with van der Waals surface area (Å²) in [7, 11) is 1.74. The topological polar surface area (TPSA) is 44.4 Å². The van der Waals surface area contributed by atoms with Crippen molar-refractivity contribution >= 4 is 16.7 Å². The molecule has 160 valence electrons. The Morgan fingerprint density at radius 3 is 2.32 bits per heavy atom. The number of methoxy groups -OCH3 is 1. The number of nitrogens with zero attached hydrogens (tertiary/aromatic N) is 4. The van der Waals surface area contributed by atoms with Crippen LogP contribution >= 0.6 is 0 Å². The zero-order valence-electron chi connectivity index (χ0n) is 19.6. The van der Waals surface area contributed by atoms with Gasteiger partial charge in [-0.05, 0) is 76.6 Å². The van der Waals surface area contributed by atoms with E-state index >= 15 is 0 Å². The highest BCUT2D eigenvalue weighted by atomic mass is 16.5. The highest BCUT2D eigenvalue weighted by Crippen LogP contribution is 2.35. The molecule has 0 amide bonds. The van der Waals surface area contributed by atoms with Crippen molar-refractivity contribution in [3.8, 4) is 23.0 Å². The van der Waals surface area contributed by atoms with Crippen molar-refractivity contribution in [2.75, 3.05) is 13.7 Å². The van der Waals surface area contributed by atoms with Crippen LogP contribution in [0.1, 0.15) is 47.1 Å². The second-order valence-corrected chi connectivity index (χ2v) is 8.31. The maximum atomic E-state index is 5.30. The average Bonchev–Trinajstić information content (AvgIpc) is 3.21. The summed E-state index contributed by atoms with van der Waals surface area (Å²) in [6.07, 6.45) is 0.908. The lowest BCUT2D eigenvalue weighted by atomic mass is 9.94. The summed E-state index contributed by atoms with van der Waals surface area (Å²) in [6, 6.07) is 6.61. The Bertz CT molecular complexity index is 1340. The van der Waals surface area contributed by atoms with E-state index < -0.39 is 0 Å². The van der Waals surface area contributed by atoms with E-state index in [4.69, 9.17) is 14.8 Å². The summed E-state index contributed by atoms with van der Waals surface area (Å²) in [5.41, 5.74) is 11.1. The normalized spacial score (nSPS) is 11.3. The lowest BCUT2D eigenvalue weighted by molar-refractivity contribution is 0.190. The smallest absolute Gasteiger partial charge is 0.165 e. The van der Waals surface area contributed by atoms with E-state index in [1.165, 1.54) is 22.3 Å². The maximum absolute atomic E-state index is 5.30. The Labute approximate surface area is 184 Å². The Balaban J connectivity index is 2.08. The van der Waals surface area contributed by atoms with E-state index in [1.54, 1.807) is 7.11 Å². The first-order valence-corrected chi connectivity index (χ1v) is 10.8. The Kier molecular flexibility index (Phi) is 5.60. The molecule has 1 aromatic carbocycles. The molecule has 0 unspecified atom stereocenters. The molecule has 0 saturated carbocycles. The molecule has 0 aliphatic rings. The fourth-order valence-electron chi connectivity index (χ4n) is 4.71. The molecule has 0 atom stereocenters. The Hall–Kier alpha value is -3.10. The van der Waals surface area contributed by atoms with Crippen LogP contribution in [0.3, 0.4) is 0 Å². The lowest BCUT2D eigenvalue weighted by Crippen LogP contribution is -2.07. The van der Waals surface area contributed by atoms with Crippen LogP contribution < -0.4 is 0 Å². The van der Waals surface area contributed by atoms with Crippen LogP contribution in [0.4, 0.5) is 0 Å². The van der Waals surface area contributed by atoms with Crippen LogP contribution in [-0.4, -0.2) is 32.9 Å². The fraction of sp³-hybridized carbons (Fsp3) is 0.385. The third kappa shape index (κ3) is 3.51. The third-order valence-corrected chi connectivity index (χ3v) is 5.88. The molecule has 5 heteroatoms. The average molecular weight is 415 g/mol. The van der Waals surface area contributed by atoms with E-state index in [-0.39, 0.29) is 0 Å². The van der Waals surface area contributed by atoms with E-state index in [1.807, 2.05) is 11.4 Å². The SMILES string of the molecule is CC#Cc1cc2c(C)nc3c(-c4c(C)cc(C)cc4C)c(C)nn3c2n1CCCOC. The third-order valence-electron chi connectivity index (χ3n) is 5.88. The minimum absolute atomic E-state index is 0.705. The first-order valence-electron chi connectivity index (χ1n) is 10.8. The summed E-state index contributed by atoms with van der Waals surface area (Å²) < 4.78 is 9.57. The molecular weight excluding hydrogens is 384 g/mol. The number of ether oxygens (including phenoxy) is 1. The van der Waals surface area contributed by atoms with E-state index in [2.05, 4.69) is 69.2 Å². The van der Waals surface area contributed by atoms with Gasteiger partial charge >= 0.3 is 0 Å². The minimum Gasteiger partial charge on any atom is -0.385 e. The van der Waals surface area contributed by atoms with Crippen LogP contribution in [0.15, 0.2) is 18.2 Å². The van der Waals surface area contributed by atoms with Gasteiger partial charge in [0.05, 0.1) is 22.6 Å². The largest absolute Gasteiger partial charge is 0.385 e. The van der Waals surface area contributed by atoms with Gasteiger partial charge in [-0.15, -0.1) is 0 Å². The second kappa shape index (κ2) is 8.20. The van der Waals surface area contributed by atoms with Crippen LogP contribution in [-0.2, 0) is 11.3 Å². The zero-order valence-corrected chi connectivity index (χ0v) is 19.6. The lowest BCUT2D eigenvalue weighted by Gasteiger charge is -2.12. The molecule has 0 spiro atoms. The Morgan fingerprint density at radius 1 is 0.968 bits per heavy atom. The van der Waals surface area contributed by atoms with Gasteiger partial charge in [-0.25, -0.2) is 4.98 Å². The number of fused-ring (bicyclic) bond motifs is 3. The molecule has 0 saturated heterocycles. The fourth-order valence-corrected chi connectivity index (χ4v) is 4.71. The highest BCUT2D eigenvalue weighted by Gasteiger charge is 2.22. The molecule has 0 aliphatic heterocycles. The van der Waals surface area contributed by atoms with E-state index in [9.17, 15) is 0 Å². The molecule has 31 heavy (non-hydrogen) atoms. The molecule has 0 aliphatic carbocycles. The monoisotopic (exact) mass is 414 g/mol. The van der Waals surface area contributed by atoms with Crippen molar-refractivity contribution in [3.05, 3.63) is 52.0 Å². The van der Waals surface area contributed by atoms with Crippen molar-refractivity contribution in [1.82, 2.24) is 19.2 Å². The molecule has 0 fully saturated rings. The maximum Gasteiger partial charge on any atom is 0.165 e. The van der Waals surface area contributed by atoms with Crippen molar-refractivity contribution in [3.63, 3.8) is 0 Å². The zero-order chi connectivity index (χ0) is 22.3. The summed E-state index contributed by atoms with van der Waals surface area (Å²) in [5, 5.41) is 6.07. The molecule has 3 aromatic heterocycles. The Morgan fingerprint density at radius 2 is 1.68 bits per heavy atom. The van der Waals surface area contributed by atoms with Gasteiger partial charge in [-0.1, -0.05) is 23.6 Å². The molecule has 3 heterocycles. The van der Waals surface area contributed by atoms with Gasteiger partial charge in [0.25, 0.3) is 0 Å². The van der Waals surface area contributed by atoms with Crippen molar-refractivity contribution in [1.29, 1.82) is 0 Å². The van der Waals surface area contributed by atoms with Gasteiger partial charge < -0.3 is 9.30 Å². The predicted octanol–water partition coefficient (Wildman–Crippen LogP) is 5.30. The number of hydrogen-bond donors (Lipinski definition) is 0. The number of aromatic nitrogens is 4. The van der Waals surface area contributed by atoms with Crippen molar-refractivity contribution in [2.45, 2.75) is 54.5 Å². The van der Waals surface area contributed by atoms with Gasteiger partial charge in [0.15, 0.2) is 5.65 Å². The van der Waals surface area contributed by atoms with Crippen LogP contribution in [0.25, 0.3) is 27.8 Å². The molecule has 4 aromatic rings. The van der Waals surface area contributed by atoms with Crippen LogP contribution in [0.2, 0.25) is 0 Å². The predicted molar refractivity (Wildman–Crippen MR) is 127 cm³/mol. The molecular formula is C26H30N4O. The van der Waals surface area contributed by atoms with Crippen molar-refractivity contribution < 1.29 is 4.74 Å². The van der Waals surface area contributed by atoms with Crippen LogP contribution in [0.5, 0.6) is 0 Å². The first-order chi connectivity index (χ1) is 14.9. The number of hydrogen-bond acceptors (Lipinski definition) is 3. The molecule has 0 bridgehead atoms. The van der Waals surface area contributed by atoms with Gasteiger partial charge in [-0.2, -0.15) is 9.61 Å². The van der Waals surface area contributed by atoms with Crippen LogP contribution in [0, 0.1) is 46.5 Å². The number of rotatable bonds is 5. The summed E-state index contributed by atoms with van der Waals surface area (Å²) in [5.74, 6) is 6.32. The van der Waals surface area contributed by atoms with E-state index in [0.717, 1.165) is 52.3 Å². The van der Waals surface area contributed by atoms with Gasteiger partial charge in [0, 0.05) is 25.6 Å². The van der Waals surface area contributed by atoms with Gasteiger partial charge in [0.1, 0.15) is 5.65 Å². The molecule has 4 rings (SSSR count). The summed E-state index contributed by atoms with van der Waals surface area (Å²) >= 11 is 0. The molecule has 0 N–H and O–H groups in total. The first kappa shape index (κ1) is 21.1. The number of benzene rings is 1. The van der Waals surface area contributed by atoms with E-state index in [0.29, 0.717) is 6.61 Å². The standard InChI is InChI=1S/C26H30N4O/c1-8-10-21-15-22-19(5)27-25-24(23-17(3)13-16(2)14-18(23)4)20(6)28-30(25)26(22)29(21)11-9-12-31-7/h13-15H,9,11-12H2,1-7H3. The minimum atomic E-state index is 0.705. The summed E-state index contributed by atoms with van der Waals surface area (Å²) in [4.78, 5) is 5.03. The van der Waals surface area contributed by atoms with Gasteiger partial charge in [0.2, 0.25) is 0 Å². The second-order valence-electron chi connectivity index (χ2n) is 8.31. The number of aryl methyl sites for hydroxylation is 6. The highest BCUT2D eigenvalue weighted by molar-refractivity contribution is 5.90. The van der Waals surface area contributed by atoms with Crippen molar-refractivity contribution in [2.24, 2.45) is 0 Å². The summed E-state index contributed by atoms with van der Waals surface area (Å²) in [6.45, 7) is 14.0. The quantitative estimate of drug-likeness (QED) is 0.329. The molecule has 0 radical (unpaired) electrons. The molecule has 5 nitrogen and oxygen atoms in total. The van der Waals surface area contributed by atoms with Gasteiger partial charge in [-0.3, -0.25) is 0 Å².